The van der Waals surface area contributed by atoms with Gasteiger partial charge in [-0.25, -0.2) is 9.59 Å². The van der Waals surface area contributed by atoms with Gasteiger partial charge in [-0.1, -0.05) is 6.08 Å². The molecule has 0 bridgehead atoms. The molecule has 3 atom stereocenters. The summed E-state index contributed by atoms with van der Waals surface area (Å²) in [7, 11) is 0. The van der Waals surface area contributed by atoms with Crippen molar-refractivity contribution in [2.45, 2.75) is 57.2 Å². The second kappa shape index (κ2) is 7.58. The molecular weight excluding hydrogens is 354 g/mol. The first-order valence-corrected chi connectivity index (χ1v) is 8.94. The number of carbonyl (C=O) groups is 4. The summed E-state index contributed by atoms with van der Waals surface area (Å²) in [6.45, 7) is 8.79. The van der Waals surface area contributed by atoms with E-state index in [9.17, 15) is 24.3 Å². The lowest BCUT2D eigenvalue weighted by atomic mass is 10.1. The monoisotopic (exact) mass is 381 g/mol. The average Bonchev–Trinajstić information content (AvgIpc) is 3.04. The summed E-state index contributed by atoms with van der Waals surface area (Å²) in [6, 6.07) is -0.750. The van der Waals surface area contributed by atoms with E-state index in [-0.39, 0.29) is 12.5 Å². The number of nitrogens with one attached hydrogen (secondary N) is 2. The molecule has 2 rings (SSSR count). The second-order valence-corrected chi connectivity index (χ2v) is 7.91. The lowest BCUT2D eigenvalue weighted by Gasteiger charge is -2.26. The molecule has 2 unspecified atom stereocenters. The van der Waals surface area contributed by atoms with Crippen LogP contribution in [0.4, 0.5) is 4.79 Å². The first kappa shape index (κ1) is 20.7. The van der Waals surface area contributed by atoms with E-state index in [4.69, 9.17) is 4.74 Å². The number of carboxylic acids is 1. The predicted octanol–water partition coefficient (Wildman–Crippen LogP) is 0.648. The second-order valence-electron chi connectivity index (χ2n) is 7.91. The molecule has 0 aromatic carbocycles. The van der Waals surface area contributed by atoms with Crippen molar-refractivity contribution < 1.29 is 29.0 Å². The summed E-state index contributed by atoms with van der Waals surface area (Å²) in [4.78, 5) is 49.6. The average molecular weight is 381 g/mol. The molecule has 1 saturated carbocycles. The van der Waals surface area contributed by atoms with Crippen LogP contribution in [0.3, 0.4) is 0 Å². The molecule has 0 aromatic heterocycles. The summed E-state index contributed by atoms with van der Waals surface area (Å²) < 4.78 is 5.07. The first-order chi connectivity index (χ1) is 12.5. The topological polar surface area (TPSA) is 125 Å². The summed E-state index contributed by atoms with van der Waals surface area (Å²) in [5.41, 5.74) is -2.01. The van der Waals surface area contributed by atoms with Gasteiger partial charge in [0.1, 0.15) is 23.7 Å². The van der Waals surface area contributed by atoms with Crippen molar-refractivity contribution in [3.05, 3.63) is 12.7 Å². The van der Waals surface area contributed by atoms with Gasteiger partial charge in [0.2, 0.25) is 11.8 Å². The fourth-order valence-corrected chi connectivity index (χ4v) is 3.22. The van der Waals surface area contributed by atoms with E-state index in [0.29, 0.717) is 25.8 Å². The van der Waals surface area contributed by atoms with E-state index < -0.39 is 41.1 Å². The zero-order chi connectivity index (χ0) is 20.4. The molecule has 1 aliphatic carbocycles. The van der Waals surface area contributed by atoms with Crippen LogP contribution in [0.25, 0.3) is 0 Å². The van der Waals surface area contributed by atoms with E-state index >= 15 is 0 Å². The van der Waals surface area contributed by atoms with Gasteiger partial charge in [0, 0.05) is 12.5 Å². The molecule has 150 valence electrons. The maximum absolute atomic E-state index is 12.6. The molecule has 3 N–H and O–H groups in total. The lowest BCUT2D eigenvalue weighted by Crippen LogP contribution is -2.54. The van der Waals surface area contributed by atoms with Gasteiger partial charge in [0.05, 0.1) is 0 Å². The van der Waals surface area contributed by atoms with E-state index in [1.54, 1.807) is 20.8 Å². The van der Waals surface area contributed by atoms with Gasteiger partial charge in [-0.15, -0.1) is 6.58 Å². The highest BCUT2D eigenvalue weighted by atomic mass is 16.6. The highest BCUT2D eigenvalue weighted by Crippen LogP contribution is 2.44. The van der Waals surface area contributed by atoms with Crippen LogP contribution in [0.2, 0.25) is 0 Å². The zero-order valence-electron chi connectivity index (χ0n) is 15.9. The Bertz CT molecular complexity index is 656. The highest BCUT2D eigenvalue weighted by molar-refractivity contribution is 5.95. The third-order valence-corrected chi connectivity index (χ3v) is 4.69. The Kier molecular flexibility index (Phi) is 5.82. The molecule has 1 aliphatic heterocycles. The molecule has 1 saturated heterocycles. The third kappa shape index (κ3) is 4.78. The number of amides is 3. The minimum Gasteiger partial charge on any atom is -0.479 e. The van der Waals surface area contributed by atoms with Crippen molar-refractivity contribution in [1.29, 1.82) is 0 Å². The van der Waals surface area contributed by atoms with Crippen LogP contribution in [-0.2, 0) is 19.1 Å². The first-order valence-electron chi connectivity index (χ1n) is 8.94. The Morgan fingerprint density at radius 2 is 2.00 bits per heavy atom. The number of carboxylic acid groups (broad SMARTS) is 1. The lowest BCUT2D eigenvalue weighted by molar-refractivity contribution is -0.145. The normalized spacial score (nSPS) is 26.9. The van der Waals surface area contributed by atoms with Crippen molar-refractivity contribution in [3.8, 4) is 0 Å². The molecule has 2 aliphatic rings. The van der Waals surface area contributed by atoms with Gasteiger partial charge in [0.25, 0.3) is 0 Å². The summed E-state index contributed by atoms with van der Waals surface area (Å²) >= 11 is 0. The number of rotatable bonds is 6. The SMILES string of the molecule is C=CC1C[C@]1(NC(=O)C1CCCN1C(=O)CNC(=O)OC(C)(C)C)C(=O)O. The maximum Gasteiger partial charge on any atom is 0.408 e. The fourth-order valence-electron chi connectivity index (χ4n) is 3.22. The summed E-state index contributed by atoms with van der Waals surface area (Å²) in [5.74, 6) is -2.34. The Labute approximate surface area is 158 Å². The van der Waals surface area contributed by atoms with Crippen molar-refractivity contribution >= 4 is 23.9 Å². The number of likely N-dealkylation sites (tertiary alicyclic amines) is 1. The van der Waals surface area contributed by atoms with Crippen LogP contribution in [-0.4, -0.2) is 64.2 Å². The van der Waals surface area contributed by atoms with E-state index in [0.717, 1.165) is 0 Å². The van der Waals surface area contributed by atoms with E-state index in [1.165, 1.54) is 11.0 Å². The smallest absolute Gasteiger partial charge is 0.408 e. The van der Waals surface area contributed by atoms with E-state index in [2.05, 4.69) is 17.2 Å². The Hall–Kier alpha value is -2.58. The van der Waals surface area contributed by atoms with Gasteiger partial charge >= 0.3 is 12.1 Å². The molecule has 9 nitrogen and oxygen atoms in total. The van der Waals surface area contributed by atoms with Crippen LogP contribution < -0.4 is 10.6 Å². The van der Waals surface area contributed by atoms with Gasteiger partial charge in [-0.2, -0.15) is 0 Å². The van der Waals surface area contributed by atoms with Crippen LogP contribution in [0.15, 0.2) is 12.7 Å². The van der Waals surface area contributed by atoms with Crippen molar-refractivity contribution in [2.75, 3.05) is 13.1 Å². The van der Waals surface area contributed by atoms with E-state index in [1.807, 2.05) is 0 Å². The fraction of sp³-hybridized carbons (Fsp3) is 0.667. The number of hydrogen-bond donors (Lipinski definition) is 3. The van der Waals surface area contributed by atoms with Crippen LogP contribution in [0.5, 0.6) is 0 Å². The minimum absolute atomic E-state index is 0.290. The number of hydrogen-bond acceptors (Lipinski definition) is 5. The molecule has 27 heavy (non-hydrogen) atoms. The standard InChI is InChI=1S/C18H27N3O6/c1-5-11-9-18(11,15(24)25)20-14(23)12-7-6-8-21(12)13(22)10-19-16(26)27-17(2,3)4/h5,11-12H,1,6-10H2,2-4H3,(H,19,26)(H,20,23)(H,24,25)/t11?,12?,18-/m1/s1. The highest BCUT2D eigenvalue weighted by Gasteiger charge is 2.61. The molecule has 3 amide bonds. The third-order valence-electron chi connectivity index (χ3n) is 4.69. The Balaban J connectivity index is 1.93. The number of nitrogens with zero attached hydrogens (tertiary/aromatic N) is 1. The van der Waals surface area contributed by atoms with Crippen LogP contribution >= 0.6 is 0 Å². The van der Waals surface area contributed by atoms with Crippen molar-refractivity contribution in [1.82, 2.24) is 15.5 Å². The zero-order valence-corrected chi connectivity index (χ0v) is 15.9. The van der Waals surface area contributed by atoms with Gasteiger partial charge in [0.15, 0.2) is 0 Å². The summed E-state index contributed by atoms with van der Waals surface area (Å²) in [5, 5.41) is 14.4. The molecule has 2 fully saturated rings. The molecule has 9 heteroatoms. The Morgan fingerprint density at radius 1 is 1.33 bits per heavy atom. The molecule has 0 radical (unpaired) electrons. The van der Waals surface area contributed by atoms with Gasteiger partial charge < -0.3 is 25.4 Å². The number of aliphatic carboxylic acids is 1. The largest absolute Gasteiger partial charge is 0.479 e. The van der Waals surface area contributed by atoms with Crippen molar-refractivity contribution in [3.63, 3.8) is 0 Å². The van der Waals surface area contributed by atoms with Gasteiger partial charge in [-0.3, -0.25) is 9.59 Å². The number of ether oxygens (including phenoxy) is 1. The quantitative estimate of drug-likeness (QED) is 0.580. The van der Waals surface area contributed by atoms with Gasteiger partial charge in [-0.05, 0) is 40.0 Å². The van der Waals surface area contributed by atoms with Crippen molar-refractivity contribution in [2.24, 2.45) is 5.92 Å². The van der Waals surface area contributed by atoms with Crippen LogP contribution in [0.1, 0.15) is 40.0 Å². The molecule has 0 spiro atoms. The Morgan fingerprint density at radius 3 is 2.52 bits per heavy atom. The maximum atomic E-state index is 12.6. The van der Waals surface area contributed by atoms with Crippen LogP contribution in [0, 0.1) is 5.92 Å². The molecule has 0 aromatic rings. The number of alkyl carbamates (subject to hydrolysis) is 1. The predicted molar refractivity (Wildman–Crippen MR) is 95.8 cm³/mol. The summed E-state index contributed by atoms with van der Waals surface area (Å²) in [6.07, 6.45) is 2.15. The molecule has 1 heterocycles. The molecular formula is C18H27N3O6. The number of carbonyl (C=O) groups excluding carboxylic acids is 3. The minimum atomic E-state index is -1.33.